The van der Waals surface area contributed by atoms with Gasteiger partial charge in [0.25, 0.3) is 0 Å². The Labute approximate surface area is 130 Å². The molecule has 5 nitrogen and oxygen atoms in total. The van der Waals surface area contributed by atoms with Crippen LogP contribution in [0.1, 0.15) is 36.2 Å². The Bertz CT molecular complexity index is 612. The predicted molar refractivity (Wildman–Crippen MR) is 84.4 cm³/mol. The second-order valence-electron chi connectivity index (χ2n) is 4.90. The van der Waals surface area contributed by atoms with E-state index >= 15 is 0 Å². The molecule has 2 aromatic rings. The summed E-state index contributed by atoms with van der Waals surface area (Å²) >= 11 is 6.44. The van der Waals surface area contributed by atoms with Crippen LogP contribution in [-0.4, -0.2) is 16.9 Å². The third-order valence-corrected chi connectivity index (χ3v) is 3.99. The molecule has 1 unspecified atom stereocenters. The lowest BCUT2D eigenvalue weighted by molar-refractivity contribution is 0.398. The number of ether oxygens (including phenoxy) is 1. The molecule has 0 radical (unpaired) electrons. The Morgan fingerprint density at radius 2 is 2.24 bits per heavy atom. The van der Waals surface area contributed by atoms with Gasteiger partial charge in [-0.1, -0.05) is 36.7 Å². The molecule has 0 saturated carbocycles. The van der Waals surface area contributed by atoms with Crippen molar-refractivity contribution in [3.63, 3.8) is 0 Å². The van der Waals surface area contributed by atoms with Gasteiger partial charge in [0.2, 0.25) is 0 Å². The Kier molecular flexibility index (Phi) is 5.22. The standard InChI is InChI=1S/C15H21ClN4O/c1-4-8-20-15(12(21-3)9-18-20)14(19-17)11-7-5-6-10(2)13(11)16/h5-7,9,14,19H,4,8,17H2,1-3H3. The molecule has 0 aliphatic rings. The number of aromatic nitrogens is 2. The molecule has 0 fully saturated rings. The van der Waals surface area contributed by atoms with Gasteiger partial charge in [-0.05, 0) is 24.5 Å². The molecule has 1 aromatic heterocycles. The topological polar surface area (TPSA) is 65.1 Å². The maximum atomic E-state index is 6.44. The maximum absolute atomic E-state index is 6.44. The average molecular weight is 309 g/mol. The van der Waals surface area contributed by atoms with E-state index in [2.05, 4.69) is 17.4 Å². The zero-order valence-electron chi connectivity index (χ0n) is 12.6. The summed E-state index contributed by atoms with van der Waals surface area (Å²) in [7, 11) is 1.63. The Morgan fingerprint density at radius 1 is 1.48 bits per heavy atom. The van der Waals surface area contributed by atoms with Crippen LogP contribution in [0.4, 0.5) is 0 Å². The van der Waals surface area contributed by atoms with E-state index < -0.39 is 0 Å². The van der Waals surface area contributed by atoms with Gasteiger partial charge < -0.3 is 4.74 Å². The summed E-state index contributed by atoms with van der Waals surface area (Å²) in [5, 5.41) is 5.08. The third kappa shape index (κ3) is 3.05. The SMILES string of the molecule is CCCn1ncc(OC)c1C(NN)c1cccc(C)c1Cl. The summed E-state index contributed by atoms with van der Waals surface area (Å²) in [5.41, 5.74) is 5.64. The molecule has 21 heavy (non-hydrogen) atoms. The van der Waals surface area contributed by atoms with Crippen molar-refractivity contribution in [1.29, 1.82) is 0 Å². The van der Waals surface area contributed by atoms with E-state index in [0.29, 0.717) is 10.8 Å². The van der Waals surface area contributed by atoms with Crippen molar-refractivity contribution < 1.29 is 4.74 Å². The second kappa shape index (κ2) is 6.93. The van der Waals surface area contributed by atoms with E-state index in [1.165, 1.54) is 0 Å². The number of benzene rings is 1. The Hall–Kier alpha value is -1.56. The number of nitrogens with two attached hydrogens (primary N) is 1. The minimum atomic E-state index is -0.276. The van der Waals surface area contributed by atoms with Gasteiger partial charge in [-0.3, -0.25) is 10.5 Å². The lowest BCUT2D eigenvalue weighted by atomic mass is 10.0. The molecular formula is C15H21ClN4O. The van der Waals surface area contributed by atoms with Gasteiger partial charge in [0.15, 0.2) is 5.75 Å². The van der Waals surface area contributed by atoms with E-state index in [-0.39, 0.29) is 6.04 Å². The number of hydrazine groups is 1. The molecule has 0 amide bonds. The summed E-state index contributed by atoms with van der Waals surface area (Å²) in [6.45, 7) is 4.86. The molecule has 0 aliphatic heterocycles. The van der Waals surface area contributed by atoms with E-state index in [9.17, 15) is 0 Å². The van der Waals surface area contributed by atoms with Gasteiger partial charge in [0.05, 0.1) is 19.3 Å². The fourth-order valence-electron chi connectivity index (χ4n) is 2.43. The van der Waals surface area contributed by atoms with Gasteiger partial charge in [-0.15, -0.1) is 0 Å². The minimum absolute atomic E-state index is 0.276. The molecule has 114 valence electrons. The first-order chi connectivity index (χ1) is 10.1. The molecule has 3 N–H and O–H groups in total. The lowest BCUT2D eigenvalue weighted by Crippen LogP contribution is -2.31. The zero-order chi connectivity index (χ0) is 15.4. The van der Waals surface area contributed by atoms with Crippen molar-refractivity contribution in [2.45, 2.75) is 32.9 Å². The highest BCUT2D eigenvalue weighted by atomic mass is 35.5. The van der Waals surface area contributed by atoms with E-state index in [0.717, 1.165) is 29.8 Å². The number of methoxy groups -OCH3 is 1. The number of nitrogens with one attached hydrogen (secondary N) is 1. The quantitative estimate of drug-likeness (QED) is 0.636. The number of aryl methyl sites for hydroxylation is 2. The van der Waals surface area contributed by atoms with Crippen molar-refractivity contribution in [2.24, 2.45) is 5.84 Å². The highest BCUT2D eigenvalue weighted by Crippen LogP contribution is 2.34. The van der Waals surface area contributed by atoms with Crippen LogP contribution in [0.5, 0.6) is 5.75 Å². The monoisotopic (exact) mass is 308 g/mol. The van der Waals surface area contributed by atoms with Gasteiger partial charge in [0.1, 0.15) is 5.69 Å². The van der Waals surface area contributed by atoms with Gasteiger partial charge in [-0.2, -0.15) is 5.10 Å². The summed E-state index contributed by atoms with van der Waals surface area (Å²) in [6.07, 6.45) is 2.68. The molecule has 0 aliphatic carbocycles. The Morgan fingerprint density at radius 3 is 2.86 bits per heavy atom. The van der Waals surface area contributed by atoms with Crippen LogP contribution in [0.3, 0.4) is 0 Å². The maximum Gasteiger partial charge on any atom is 0.161 e. The lowest BCUT2D eigenvalue weighted by Gasteiger charge is -2.21. The van der Waals surface area contributed by atoms with E-state index in [1.807, 2.05) is 29.8 Å². The molecule has 1 atom stereocenters. The van der Waals surface area contributed by atoms with Crippen molar-refractivity contribution in [3.8, 4) is 5.75 Å². The molecule has 0 saturated heterocycles. The largest absolute Gasteiger partial charge is 0.493 e. The van der Waals surface area contributed by atoms with Crippen molar-refractivity contribution >= 4 is 11.6 Å². The summed E-state index contributed by atoms with van der Waals surface area (Å²) in [5.74, 6) is 6.50. The van der Waals surface area contributed by atoms with Crippen LogP contribution in [0.2, 0.25) is 5.02 Å². The molecule has 0 bridgehead atoms. The predicted octanol–water partition coefficient (Wildman–Crippen LogP) is 2.82. The number of hydrogen-bond donors (Lipinski definition) is 2. The first kappa shape index (κ1) is 15.8. The first-order valence-corrected chi connectivity index (χ1v) is 7.32. The van der Waals surface area contributed by atoms with Gasteiger partial charge >= 0.3 is 0 Å². The third-order valence-electron chi connectivity index (χ3n) is 3.47. The van der Waals surface area contributed by atoms with Crippen LogP contribution in [0.25, 0.3) is 0 Å². The number of hydrogen-bond acceptors (Lipinski definition) is 4. The molecule has 1 aromatic carbocycles. The van der Waals surface area contributed by atoms with Crippen LogP contribution in [0.15, 0.2) is 24.4 Å². The fourth-order valence-corrected chi connectivity index (χ4v) is 2.66. The second-order valence-corrected chi connectivity index (χ2v) is 5.28. The van der Waals surface area contributed by atoms with Gasteiger partial charge in [0, 0.05) is 11.6 Å². The van der Waals surface area contributed by atoms with Crippen LogP contribution >= 0.6 is 11.6 Å². The van der Waals surface area contributed by atoms with Crippen molar-refractivity contribution in [3.05, 3.63) is 46.2 Å². The van der Waals surface area contributed by atoms with Crippen LogP contribution in [0, 0.1) is 6.92 Å². The molecule has 0 spiro atoms. The van der Waals surface area contributed by atoms with Crippen molar-refractivity contribution in [2.75, 3.05) is 7.11 Å². The summed E-state index contributed by atoms with van der Waals surface area (Å²) in [6, 6.07) is 5.62. The summed E-state index contributed by atoms with van der Waals surface area (Å²) in [4.78, 5) is 0. The number of nitrogens with zero attached hydrogens (tertiary/aromatic N) is 2. The molecule has 2 rings (SSSR count). The minimum Gasteiger partial charge on any atom is -0.493 e. The van der Waals surface area contributed by atoms with Crippen molar-refractivity contribution in [1.82, 2.24) is 15.2 Å². The molecular weight excluding hydrogens is 288 g/mol. The van der Waals surface area contributed by atoms with Crippen LogP contribution in [-0.2, 0) is 6.54 Å². The average Bonchev–Trinajstić information content (AvgIpc) is 2.88. The normalized spacial score (nSPS) is 12.4. The number of rotatable bonds is 6. The van der Waals surface area contributed by atoms with E-state index in [4.69, 9.17) is 22.2 Å². The van der Waals surface area contributed by atoms with Crippen LogP contribution < -0.4 is 16.0 Å². The molecule has 6 heteroatoms. The van der Waals surface area contributed by atoms with E-state index in [1.54, 1.807) is 13.3 Å². The first-order valence-electron chi connectivity index (χ1n) is 6.94. The fraction of sp³-hybridized carbons (Fsp3) is 0.400. The zero-order valence-corrected chi connectivity index (χ0v) is 13.3. The molecule has 1 heterocycles. The highest BCUT2D eigenvalue weighted by molar-refractivity contribution is 6.32. The smallest absolute Gasteiger partial charge is 0.161 e. The van der Waals surface area contributed by atoms with Gasteiger partial charge in [-0.25, -0.2) is 5.43 Å². The summed E-state index contributed by atoms with van der Waals surface area (Å²) < 4.78 is 7.33. The highest BCUT2D eigenvalue weighted by Gasteiger charge is 2.24. The Balaban J connectivity index is 2.55. The number of halogens is 1.